The first kappa shape index (κ1) is 34.4. The van der Waals surface area contributed by atoms with Crippen LogP contribution in [-0.4, -0.2) is 72.0 Å². The summed E-state index contributed by atoms with van der Waals surface area (Å²) in [6.45, 7) is 10.4. The van der Waals surface area contributed by atoms with E-state index in [1.807, 2.05) is 32.2 Å². The summed E-state index contributed by atoms with van der Waals surface area (Å²) in [7, 11) is 1.86. The van der Waals surface area contributed by atoms with Crippen molar-refractivity contribution in [3.05, 3.63) is 70.9 Å². The number of fused-ring (bicyclic) bond motifs is 3. The Morgan fingerprint density at radius 1 is 1.24 bits per heavy atom. The van der Waals surface area contributed by atoms with E-state index in [1.54, 1.807) is 0 Å². The SMILES string of the molecule is C=C(/C=C/C=C(/COCO)[C@@H]1CC[C@]2([C@@H]1O)[C@@H]1C(=C(C)C=O)[C@@H](C=C[C@H]1CCO)C[C@]2(O)CCNC)CCC=C(C)C. The number of carbonyl (C=O) groups is 1. The smallest absolute Gasteiger partial charge is 0.145 e. The summed E-state index contributed by atoms with van der Waals surface area (Å²) in [6, 6.07) is 0. The van der Waals surface area contributed by atoms with Crippen molar-refractivity contribution in [2.75, 3.05) is 33.6 Å². The van der Waals surface area contributed by atoms with Crippen LogP contribution in [0.25, 0.3) is 0 Å². The minimum absolute atomic E-state index is 0.0219. The maximum Gasteiger partial charge on any atom is 0.145 e. The number of nitrogens with one attached hydrogen (secondary N) is 1. The van der Waals surface area contributed by atoms with Crippen LogP contribution < -0.4 is 5.32 Å². The molecule has 3 aliphatic carbocycles. The van der Waals surface area contributed by atoms with Crippen LogP contribution in [0.2, 0.25) is 0 Å². The van der Waals surface area contributed by atoms with E-state index in [9.17, 15) is 25.2 Å². The minimum atomic E-state index is -1.19. The molecule has 2 saturated carbocycles. The fourth-order valence-corrected chi connectivity index (χ4v) is 7.99. The Morgan fingerprint density at radius 3 is 2.64 bits per heavy atom. The first-order valence-corrected chi connectivity index (χ1v) is 15.5. The third-order valence-electron chi connectivity index (χ3n) is 9.89. The molecule has 0 radical (unpaired) electrons. The van der Waals surface area contributed by atoms with Gasteiger partial charge in [0, 0.05) is 23.9 Å². The van der Waals surface area contributed by atoms with Crippen molar-refractivity contribution < 1.29 is 30.0 Å². The Balaban J connectivity index is 2.07. The molecule has 7 heteroatoms. The van der Waals surface area contributed by atoms with Gasteiger partial charge in [-0.25, -0.2) is 0 Å². The monoisotopic (exact) mass is 583 g/mol. The molecular weight excluding hydrogens is 530 g/mol. The van der Waals surface area contributed by atoms with Crippen LogP contribution in [0.1, 0.15) is 65.7 Å². The van der Waals surface area contributed by atoms with Gasteiger partial charge in [-0.15, -0.1) is 0 Å². The lowest BCUT2D eigenvalue weighted by Gasteiger charge is -2.61. The largest absolute Gasteiger partial charge is 0.396 e. The number of hydrogen-bond acceptors (Lipinski definition) is 7. The summed E-state index contributed by atoms with van der Waals surface area (Å²) < 4.78 is 5.46. The zero-order valence-electron chi connectivity index (χ0n) is 26.0. The van der Waals surface area contributed by atoms with E-state index in [-0.39, 0.29) is 36.9 Å². The second-order valence-electron chi connectivity index (χ2n) is 12.7. The zero-order chi connectivity index (χ0) is 30.9. The van der Waals surface area contributed by atoms with Crippen molar-refractivity contribution in [3.8, 4) is 0 Å². The average Bonchev–Trinajstić information content (AvgIpc) is 3.30. The van der Waals surface area contributed by atoms with Gasteiger partial charge in [-0.05, 0) is 102 Å². The van der Waals surface area contributed by atoms with Crippen molar-refractivity contribution >= 4 is 6.29 Å². The van der Waals surface area contributed by atoms with Gasteiger partial charge in [0.1, 0.15) is 13.1 Å². The highest BCUT2D eigenvalue weighted by Gasteiger charge is 2.68. The number of aliphatic hydroxyl groups is 4. The van der Waals surface area contributed by atoms with E-state index in [0.717, 1.165) is 35.8 Å². The maximum atomic E-state index is 12.6. The molecule has 1 spiro atoms. The van der Waals surface area contributed by atoms with Gasteiger partial charge in [-0.1, -0.05) is 59.8 Å². The Hall–Kier alpha value is -2.13. The number of aliphatic hydroxyl groups excluding tert-OH is 3. The molecule has 234 valence electrons. The molecule has 5 N–H and O–H groups in total. The average molecular weight is 584 g/mol. The molecule has 0 aliphatic heterocycles. The number of aldehydes is 1. The third-order valence-corrected chi connectivity index (χ3v) is 9.89. The molecule has 0 aromatic rings. The van der Waals surface area contributed by atoms with Gasteiger partial charge in [-0.3, -0.25) is 4.79 Å². The fourth-order valence-electron chi connectivity index (χ4n) is 7.99. The van der Waals surface area contributed by atoms with E-state index in [1.165, 1.54) is 5.57 Å². The van der Waals surface area contributed by atoms with Gasteiger partial charge in [-0.2, -0.15) is 0 Å². The van der Waals surface area contributed by atoms with Crippen LogP contribution in [0.15, 0.2) is 70.9 Å². The lowest BCUT2D eigenvalue weighted by molar-refractivity contribution is -0.194. The third kappa shape index (κ3) is 7.15. The summed E-state index contributed by atoms with van der Waals surface area (Å²) in [4.78, 5) is 12.1. The molecule has 2 bridgehead atoms. The molecule has 0 aromatic carbocycles. The number of allylic oxidation sites excluding steroid dienone is 10. The van der Waals surface area contributed by atoms with Gasteiger partial charge in [0.05, 0.1) is 18.3 Å². The predicted molar refractivity (Wildman–Crippen MR) is 167 cm³/mol. The van der Waals surface area contributed by atoms with Crippen LogP contribution in [0.4, 0.5) is 0 Å². The van der Waals surface area contributed by atoms with E-state index in [2.05, 4.69) is 44.0 Å². The Morgan fingerprint density at radius 2 is 2.00 bits per heavy atom. The molecule has 0 amide bonds. The number of hydrogen-bond donors (Lipinski definition) is 5. The summed E-state index contributed by atoms with van der Waals surface area (Å²) in [5, 5.41) is 47.7. The quantitative estimate of drug-likeness (QED) is 0.0631. The van der Waals surface area contributed by atoms with Gasteiger partial charge in [0.25, 0.3) is 0 Å². The van der Waals surface area contributed by atoms with Crippen LogP contribution in [0, 0.1) is 29.1 Å². The summed E-state index contributed by atoms with van der Waals surface area (Å²) >= 11 is 0. The summed E-state index contributed by atoms with van der Waals surface area (Å²) in [5.74, 6) is -0.805. The minimum Gasteiger partial charge on any atom is -0.396 e. The second kappa shape index (κ2) is 15.6. The fraction of sp³-hybridized carbons (Fsp3) is 0.629. The van der Waals surface area contributed by atoms with Gasteiger partial charge >= 0.3 is 0 Å². The maximum absolute atomic E-state index is 12.6. The van der Waals surface area contributed by atoms with Crippen LogP contribution >= 0.6 is 0 Å². The van der Waals surface area contributed by atoms with E-state index in [0.29, 0.717) is 44.2 Å². The molecular formula is C35H53NO6. The van der Waals surface area contributed by atoms with E-state index in [4.69, 9.17) is 4.74 Å². The number of ether oxygens (including phenoxy) is 1. The lowest BCUT2D eigenvalue weighted by Crippen LogP contribution is -2.65. The Bertz CT molecular complexity index is 1100. The Kier molecular flexibility index (Phi) is 12.7. The lowest BCUT2D eigenvalue weighted by atomic mass is 9.45. The van der Waals surface area contributed by atoms with Crippen molar-refractivity contribution in [1.82, 2.24) is 5.32 Å². The molecule has 42 heavy (non-hydrogen) atoms. The second-order valence-corrected chi connectivity index (χ2v) is 12.7. The molecule has 3 aliphatic rings. The normalized spacial score (nSPS) is 33.8. The number of rotatable bonds is 15. The molecule has 0 aromatic heterocycles. The zero-order valence-corrected chi connectivity index (χ0v) is 26.0. The topological polar surface area (TPSA) is 119 Å². The van der Waals surface area contributed by atoms with Crippen molar-refractivity contribution in [1.29, 1.82) is 0 Å². The highest BCUT2D eigenvalue weighted by molar-refractivity contribution is 5.74. The summed E-state index contributed by atoms with van der Waals surface area (Å²) in [6.07, 6.45) is 16.6. The van der Waals surface area contributed by atoms with Crippen LogP contribution in [-0.2, 0) is 9.53 Å². The molecule has 0 heterocycles. The molecule has 2 fully saturated rings. The standard InChI is InChI=1S/C35H53NO6/c1-24(2)8-6-9-25(3)10-7-11-29(22-42-23-39)30-14-16-35(33(30)40)32-27(15-19-37)12-13-28(31(32)26(4)21-38)20-34(35,41)17-18-36-5/h7-8,10-13,21,27-28,30,32-33,36-37,39-41H,3,6,9,14-20,22-23H2,1-2,4-5H3/b10-7+,29-11-,31-26?/t27-,28-,30-,32-,33+,34+,35+/m0/s1. The van der Waals surface area contributed by atoms with Crippen LogP contribution in [0.3, 0.4) is 0 Å². The highest BCUT2D eigenvalue weighted by Crippen LogP contribution is 2.67. The number of carbonyl (C=O) groups excluding carboxylic acids is 1. The van der Waals surface area contributed by atoms with Crippen molar-refractivity contribution in [3.63, 3.8) is 0 Å². The molecule has 0 saturated heterocycles. The van der Waals surface area contributed by atoms with Gasteiger partial charge in [0.15, 0.2) is 0 Å². The van der Waals surface area contributed by atoms with E-state index < -0.39 is 23.9 Å². The van der Waals surface area contributed by atoms with Gasteiger partial charge < -0.3 is 30.5 Å². The van der Waals surface area contributed by atoms with Crippen molar-refractivity contribution in [2.45, 2.75) is 77.4 Å². The molecule has 3 rings (SSSR count). The van der Waals surface area contributed by atoms with Crippen molar-refractivity contribution in [2.24, 2.45) is 29.1 Å². The molecule has 0 unspecified atom stereocenters. The molecule has 7 atom stereocenters. The van der Waals surface area contributed by atoms with Gasteiger partial charge in [0.2, 0.25) is 0 Å². The Labute approximate surface area is 252 Å². The van der Waals surface area contributed by atoms with Crippen LogP contribution in [0.5, 0.6) is 0 Å². The highest BCUT2D eigenvalue weighted by atomic mass is 16.6. The first-order chi connectivity index (χ1) is 20.1. The summed E-state index contributed by atoms with van der Waals surface area (Å²) in [5.41, 5.74) is 2.64. The predicted octanol–water partition coefficient (Wildman–Crippen LogP) is 4.56. The van der Waals surface area contributed by atoms with E-state index >= 15 is 0 Å². The first-order valence-electron chi connectivity index (χ1n) is 15.5. The molecule has 7 nitrogen and oxygen atoms in total.